The van der Waals surface area contributed by atoms with E-state index in [0.717, 1.165) is 0 Å². The summed E-state index contributed by atoms with van der Waals surface area (Å²) < 4.78 is 29.7. The van der Waals surface area contributed by atoms with Gasteiger partial charge in [0.2, 0.25) is 0 Å². The lowest BCUT2D eigenvalue weighted by Gasteiger charge is -2.13. The first-order valence-corrected chi connectivity index (χ1v) is 5.01. The maximum absolute atomic E-state index is 12.6. The third-order valence-electron chi connectivity index (χ3n) is 2.40. The van der Waals surface area contributed by atoms with Gasteiger partial charge in [0.15, 0.2) is 0 Å². The lowest BCUT2D eigenvalue weighted by molar-refractivity contribution is -0.139. The normalized spacial score (nSPS) is 22.4. The minimum Gasteiger partial charge on any atom is -0.480 e. The fourth-order valence-electron chi connectivity index (χ4n) is 1.35. The number of alkyl halides is 2. The fraction of sp³-hybridized carbons (Fsp3) is 0.600. The molecule has 1 aliphatic carbocycles. The maximum atomic E-state index is 12.6. The molecule has 0 aromatic rings. The van der Waals surface area contributed by atoms with Gasteiger partial charge in [0, 0.05) is 12.3 Å². The van der Waals surface area contributed by atoms with E-state index in [0.29, 0.717) is 0 Å². The first-order chi connectivity index (χ1) is 7.86. The molecule has 5 nitrogen and oxygen atoms in total. The van der Waals surface area contributed by atoms with Crippen LogP contribution < -0.4 is 5.32 Å². The van der Waals surface area contributed by atoms with E-state index >= 15 is 0 Å². The SMILES string of the molecule is C=CCOC(=O)N[C@H](CC1CC1(F)F)C(=O)O. The van der Waals surface area contributed by atoms with Crippen LogP contribution in [0.15, 0.2) is 12.7 Å². The van der Waals surface area contributed by atoms with Gasteiger partial charge in [-0.2, -0.15) is 0 Å². The average Bonchev–Trinajstić information content (AvgIpc) is 2.82. The van der Waals surface area contributed by atoms with Crippen LogP contribution in [-0.2, 0) is 9.53 Å². The maximum Gasteiger partial charge on any atom is 0.408 e. The first-order valence-electron chi connectivity index (χ1n) is 5.01. The van der Waals surface area contributed by atoms with Crippen LogP contribution in [0.1, 0.15) is 12.8 Å². The molecular weight excluding hydrogens is 236 g/mol. The zero-order chi connectivity index (χ0) is 13.1. The van der Waals surface area contributed by atoms with Crippen LogP contribution in [0.25, 0.3) is 0 Å². The van der Waals surface area contributed by atoms with Crippen molar-refractivity contribution in [3.8, 4) is 0 Å². The molecule has 1 aliphatic rings. The molecule has 1 saturated carbocycles. The Bertz CT molecular complexity index is 332. The van der Waals surface area contributed by atoms with E-state index in [2.05, 4.69) is 11.3 Å². The Balaban J connectivity index is 2.41. The molecule has 1 fully saturated rings. The van der Waals surface area contributed by atoms with Gasteiger partial charge in [0.1, 0.15) is 12.6 Å². The molecule has 0 aromatic heterocycles. The largest absolute Gasteiger partial charge is 0.480 e. The van der Waals surface area contributed by atoms with Crippen LogP contribution in [0.2, 0.25) is 0 Å². The van der Waals surface area contributed by atoms with E-state index in [1.54, 1.807) is 0 Å². The Kier molecular flexibility index (Phi) is 4.03. The third kappa shape index (κ3) is 4.01. The van der Waals surface area contributed by atoms with Gasteiger partial charge in [-0.15, -0.1) is 0 Å². The molecule has 1 rings (SSSR count). The number of aliphatic carboxylic acids is 1. The van der Waals surface area contributed by atoms with Gasteiger partial charge < -0.3 is 15.2 Å². The molecule has 0 heterocycles. The van der Waals surface area contributed by atoms with Crippen molar-refractivity contribution in [2.75, 3.05) is 6.61 Å². The molecule has 1 unspecified atom stereocenters. The van der Waals surface area contributed by atoms with Crippen molar-refractivity contribution in [3.05, 3.63) is 12.7 Å². The second-order valence-electron chi connectivity index (χ2n) is 3.82. The Labute approximate surface area is 96.4 Å². The van der Waals surface area contributed by atoms with Crippen molar-refractivity contribution in [2.24, 2.45) is 5.92 Å². The molecule has 2 atom stereocenters. The molecule has 0 saturated heterocycles. The number of carboxylic acids is 1. The predicted octanol–water partition coefficient (Wildman–Crippen LogP) is 1.40. The Morgan fingerprint density at radius 3 is 2.65 bits per heavy atom. The summed E-state index contributed by atoms with van der Waals surface area (Å²) in [4.78, 5) is 21.8. The van der Waals surface area contributed by atoms with Gasteiger partial charge in [-0.25, -0.2) is 18.4 Å². The van der Waals surface area contributed by atoms with Crippen LogP contribution >= 0.6 is 0 Å². The minimum atomic E-state index is -2.81. The zero-order valence-corrected chi connectivity index (χ0v) is 8.99. The molecule has 0 radical (unpaired) electrons. The first kappa shape index (κ1) is 13.4. The summed E-state index contributed by atoms with van der Waals surface area (Å²) in [6.45, 7) is 3.23. The number of ether oxygens (including phenoxy) is 1. The van der Waals surface area contributed by atoms with Crippen molar-refractivity contribution in [1.82, 2.24) is 5.32 Å². The molecule has 0 spiro atoms. The highest BCUT2D eigenvalue weighted by molar-refractivity contribution is 5.79. The van der Waals surface area contributed by atoms with Crippen LogP contribution in [-0.4, -0.2) is 35.7 Å². The van der Waals surface area contributed by atoms with E-state index in [1.807, 2.05) is 5.32 Å². The summed E-state index contributed by atoms with van der Waals surface area (Å²) in [7, 11) is 0. The van der Waals surface area contributed by atoms with Gasteiger partial charge >= 0.3 is 12.1 Å². The number of nitrogens with one attached hydrogen (secondary N) is 1. The lowest BCUT2D eigenvalue weighted by Crippen LogP contribution is -2.41. The van der Waals surface area contributed by atoms with Crippen molar-refractivity contribution >= 4 is 12.1 Å². The standard InChI is InChI=1S/C10H13F2NO4/c1-2-3-17-9(16)13-7(8(14)15)4-6-5-10(6,11)12/h2,6-7H,1,3-5H2,(H,13,16)(H,14,15)/t6?,7-/m1/s1. The predicted molar refractivity (Wildman–Crippen MR) is 53.8 cm³/mol. The van der Waals surface area contributed by atoms with E-state index in [-0.39, 0.29) is 19.4 Å². The topological polar surface area (TPSA) is 75.6 Å². The van der Waals surface area contributed by atoms with E-state index in [9.17, 15) is 18.4 Å². The number of amides is 1. The number of carbonyl (C=O) groups is 2. The number of hydrogen-bond donors (Lipinski definition) is 2. The van der Waals surface area contributed by atoms with Gasteiger partial charge in [-0.05, 0) is 6.42 Å². The smallest absolute Gasteiger partial charge is 0.408 e. The summed E-state index contributed by atoms with van der Waals surface area (Å²) in [5, 5.41) is 10.8. The van der Waals surface area contributed by atoms with Crippen molar-refractivity contribution in [2.45, 2.75) is 24.8 Å². The quantitative estimate of drug-likeness (QED) is 0.697. The molecule has 0 bridgehead atoms. The third-order valence-corrected chi connectivity index (χ3v) is 2.40. The summed E-state index contributed by atoms with van der Waals surface area (Å²) >= 11 is 0. The van der Waals surface area contributed by atoms with Crippen LogP contribution in [0, 0.1) is 5.92 Å². The highest BCUT2D eigenvalue weighted by Gasteiger charge is 2.57. The molecule has 0 aliphatic heterocycles. The van der Waals surface area contributed by atoms with Gasteiger partial charge in [0.25, 0.3) is 5.92 Å². The van der Waals surface area contributed by atoms with Gasteiger partial charge in [0.05, 0.1) is 0 Å². The summed E-state index contributed by atoms with van der Waals surface area (Å²) in [6, 6.07) is -1.36. The molecule has 1 amide bonds. The van der Waals surface area contributed by atoms with E-state index < -0.39 is 29.9 Å². The number of rotatable bonds is 6. The highest BCUT2D eigenvalue weighted by Crippen LogP contribution is 2.51. The van der Waals surface area contributed by atoms with E-state index in [1.165, 1.54) is 6.08 Å². The Morgan fingerprint density at radius 1 is 1.65 bits per heavy atom. The zero-order valence-electron chi connectivity index (χ0n) is 8.99. The Hall–Kier alpha value is -1.66. The summed E-state index contributed by atoms with van der Waals surface area (Å²) in [6.07, 6.45) is -0.280. The number of alkyl carbamates (subject to hydrolysis) is 1. The lowest BCUT2D eigenvalue weighted by atomic mass is 10.1. The monoisotopic (exact) mass is 249 g/mol. The number of hydrogen-bond acceptors (Lipinski definition) is 3. The second-order valence-corrected chi connectivity index (χ2v) is 3.82. The van der Waals surface area contributed by atoms with Crippen molar-refractivity contribution in [3.63, 3.8) is 0 Å². The van der Waals surface area contributed by atoms with Crippen LogP contribution in [0.3, 0.4) is 0 Å². The molecule has 7 heteroatoms. The molecular formula is C10H13F2NO4. The van der Waals surface area contributed by atoms with E-state index in [4.69, 9.17) is 5.11 Å². The number of halogens is 2. The molecule has 0 aromatic carbocycles. The summed E-state index contributed by atoms with van der Waals surface area (Å²) in [5.74, 6) is -5.15. The molecule has 2 N–H and O–H groups in total. The molecule has 96 valence electrons. The number of carboxylic acid groups (broad SMARTS) is 1. The number of carbonyl (C=O) groups excluding carboxylic acids is 1. The van der Waals surface area contributed by atoms with Crippen LogP contribution in [0.4, 0.5) is 13.6 Å². The van der Waals surface area contributed by atoms with Gasteiger partial charge in [-0.1, -0.05) is 12.7 Å². The highest BCUT2D eigenvalue weighted by atomic mass is 19.3. The Morgan fingerprint density at radius 2 is 2.24 bits per heavy atom. The van der Waals surface area contributed by atoms with Crippen LogP contribution in [0.5, 0.6) is 0 Å². The molecule has 17 heavy (non-hydrogen) atoms. The van der Waals surface area contributed by atoms with Gasteiger partial charge in [-0.3, -0.25) is 0 Å². The van der Waals surface area contributed by atoms with Crippen molar-refractivity contribution in [1.29, 1.82) is 0 Å². The average molecular weight is 249 g/mol. The summed E-state index contributed by atoms with van der Waals surface area (Å²) in [5.41, 5.74) is 0. The van der Waals surface area contributed by atoms with Crippen molar-refractivity contribution < 1.29 is 28.2 Å². The fourth-order valence-corrected chi connectivity index (χ4v) is 1.35. The second kappa shape index (κ2) is 5.11. The minimum absolute atomic E-state index is 0.0717.